The third-order valence-electron chi connectivity index (χ3n) is 22.0. The molecule has 1 N–H and O–H groups in total. The Morgan fingerprint density at radius 2 is 0.893 bits per heavy atom. The van der Waals surface area contributed by atoms with E-state index in [1.165, 1.54) is 70.4 Å². The van der Waals surface area contributed by atoms with Crippen LogP contribution in [0.15, 0.2) is 163 Å². The van der Waals surface area contributed by atoms with E-state index in [9.17, 15) is 28.8 Å². The molecule has 0 fully saturated rings. The fourth-order valence-corrected chi connectivity index (χ4v) is 19.9. The molecule has 20 heterocycles. The van der Waals surface area contributed by atoms with Crippen molar-refractivity contribution in [2.24, 2.45) is 14.1 Å². The number of thioether (sulfide) groups is 1. The molecule has 0 saturated carbocycles. The number of para-hydroxylation sites is 1. The van der Waals surface area contributed by atoms with Gasteiger partial charge in [0.05, 0.1) is 63.6 Å². The lowest BCUT2D eigenvalue weighted by Gasteiger charge is -2.22. The van der Waals surface area contributed by atoms with E-state index in [-0.39, 0.29) is 34.4 Å². The first kappa shape index (κ1) is 83.4. The van der Waals surface area contributed by atoms with Crippen molar-refractivity contribution in [2.45, 2.75) is 84.0 Å². The Morgan fingerprint density at radius 3 is 1.40 bits per heavy atom. The number of H-pyrrole nitrogens is 1. The smallest absolute Gasteiger partial charge is 0.304 e. The van der Waals surface area contributed by atoms with Crippen LogP contribution in [0.5, 0.6) is 0 Å². The number of nitrogens with zero attached hydrogens (tertiary/aromatic N) is 25. The van der Waals surface area contributed by atoms with Gasteiger partial charge in [0.1, 0.15) is 0 Å². The van der Waals surface area contributed by atoms with Crippen molar-refractivity contribution in [2.75, 3.05) is 72.5 Å². The normalized spacial score (nSPS) is 15.4. The summed E-state index contributed by atoms with van der Waals surface area (Å²) in [4.78, 5) is 124. The quantitative estimate of drug-likeness (QED) is 0.162. The zero-order valence-corrected chi connectivity index (χ0v) is 75.4. The van der Waals surface area contributed by atoms with Crippen molar-refractivity contribution >= 4 is 174 Å². The Bertz CT molecular complexity index is 6680. The maximum Gasteiger partial charge on any atom is 0.304 e. The van der Waals surface area contributed by atoms with Gasteiger partial charge in [-0.3, -0.25) is 28.8 Å². The highest BCUT2D eigenvalue weighted by Gasteiger charge is 2.33. The summed E-state index contributed by atoms with van der Waals surface area (Å²) in [6.07, 6.45) is 26.7. The summed E-state index contributed by atoms with van der Waals surface area (Å²) in [5.41, 5.74) is 14.9. The summed E-state index contributed by atoms with van der Waals surface area (Å²) in [6, 6.07) is 17.1. The maximum atomic E-state index is 13.0. The molecule has 0 radical (unpaired) electrons. The van der Waals surface area contributed by atoms with Gasteiger partial charge in [0, 0.05) is 272 Å². The second-order valence-corrected chi connectivity index (χ2v) is 37.1. The molecule has 122 heavy (non-hydrogen) atoms. The Kier molecular flexibility index (Phi) is 24.3. The van der Waals surface area contributed by atoms with Crippen LogP contribution in [0.3, 0.4) is 0 Å². The number of aromatic amines is 1. The molecule has 0 saturated heterocycles. The first-order valence-corrected chi connectivity index (χ1v) is 45.0. The minimum Gasteiger partial charge on any atom is -0.347 e. The van der Waals surface area contributed by atoms with Crippen LogP contribution in [0.4, 0.5) is 0 Å². The van der Waals surface area contributed by atoms with Crippen molar-refractivity contribution in [3.63, 3.8) is 0 Å². The first-order chi connectivity index (χ1) is 58.9. The number of aromatic nitrogens is 20. The SMILES string of the molecule is C=C1SC2=C(CCN(C(=O)c3cc4ncc(Br)cn4n3)CC2)N1C.CC(C)c1nc2c(s1)CCN(C(=O)c1cc3ncc(Cl)cn3n1)CC2.Cn1c2c(c3ccccc31)CCN(C(=O)c1cc3ncc(Br)cn3n1)CC2.Cn1cnc2c1CCN(C(=O)c1cc3ncc(Br)cn3n1)CC2.O=C(c1cc2ncc(Cl)cn2n1)N1CCc2[nH]c(=O)sc2CC1. The third kappa shape index (κ3) is 17.7. The topological polar surface area (TPSA) is 324 Å². The molecule has 0 aliphatic carbocycles. The average molecular weight is 1930 g/mol. The fourth-order valence-electron chi connectivity index (χ4n) is 15.7. The van der Waals surface area contributed by atoms with Crippen LogP contribution in [0.2, 0.25) is 10.0 Å². The zero-order valence-electron chi connectivity index (χ0n) is 66.7. The lowest BCUT2D eigenvalue weighted by Crippen LogP contribution is -2.33. The lowest BCUT2D eigenvalue weighted by atomic mass is 10.1. The van der Waals surface area contributed by atoms with Gasteiger partial charge in [-0.05, 0) is 72.3 Å². The van der Waals surface area contributed by atoms with Crippen molar-refractivity contribution in [1.29, 1.82) is 0 Å². The van der Waals surface area contributed by atoms with Gasteiger partial charge in [-0.2, -0.15) is 25.5 Å². The molecule has 0 bridgehead atoms. The molecule has 6 aliphatic rings. The number of benzene rings is 1. The van der Waals surface area contributed by atoms with Gasteiger partial charge < -0.3 is 43.5 Å². The number of rotatable bonds is 6. The van der Waals surface area contributed by atoms with E-state index in [1.807, 2.05) is 50.8 Å². The number of hydrogen-bond acceptors (Lipinski definition) is 22. The van der Waals surface area contributed by atoms with Crippen molar-refractivity contribution in [3.8, 4) is 0 Å². The van der Waals surface area contributed by atoms with E-state index < -0.39 is 0 Å². The maximum absolute atomic E-state index is 13.0. The van der Waals surface area contributed by atoms with Gasteiger partial charge in [-0.25, -0.2) is 57.5 Å². The van der Waals surface area contributed by atoms with E-state index in [0.717, 1.165) is 91.8 Å². The largest absolute Gasteiger partial charge is 0.347 e. The summed E-state index contributed by atoms with van der Waals surface area (Å²) in [5, 5.41) is 26.2. The van der Waals surface area contributed by atoms with Crippen molar-refractivity contribution in [1.82, 2.24) is 126 Å². The number of carbonyl (C=O) groups excluding carboxylic acids is 5. The van der Waals surface area contributed by atoms with Crippen LogP contribution in [0.1, 0.15) is 134 Å². The number of thiazole rings is 2. The van der Waals surface area contributed by atoms with E-state index in [4.69, 9.17) is 28.2 Å². The van der Waals surface area contributed by atoms with Crippen molar-refractivity contribution < 1.29 is 24.0 Å². The standard InChI is InChI=1S/C20H18BrN5O.C17H18ClN5OS.C16H16BrN5OS.C15H15BrN6O.C14H12ClN5O2S/c1-24-17-5-3-2-4-14(17)15-6-8-25(9-7-18(15)24)20(27)16-10-19-22-11-13(21)12-26(19)23-16;1-10(2)16-20-12-3-5-22(6-4-14(12)25-16)17(24)13-7-15-19-8-11(18)9-23(15)21-13;1-10-20(2)13-3-5-21(6-4-14(13)24-10)16(23)12-7-15-18-8-11(17)9-22(15)19-12;1-20-9-18-11-2-4-21(5-3-13(11)20)15(23)12-6-14-17-7-10(16)8-22(14)19-12;15-8-6-16-12-5-10(18-20(12)7-8)13(21)19-3-1-9-11(2-4-19)23-14(22)17-9/h2-5,10-12H,6-9H2,1H3;7-10H,3-6H2,1-2H3;7-9H,1,3-6H2,2H3;6-9H,2-5H2,1H3;5-7H,1-4H2,(H,17,22). The van der Waals surface area contributed by atoms with Crippen molar-refractivity contribution in [3.05, 3.63) is 255 Å². The summed E-state index contributed by atoms with van der Waals surface area (Å²) in [5.74, 6) is 0.120. The van der Waals surface area contributed by atoms with E-state index in [1.54, 1.807) is 126 Å². The summed E-state index contributed by atoms with van der Waals surface area (Å²) in [7, 11) is 6.15. The second-order valence-electron chi connectivity index (χ2n) is 30.2. The fraction of sp³-hybridized carbons (Fsp3) is 0.317. The third-order valence-corrected chi connectivity index (χ3v) is 27.3. The van der Waals surface area contributed by atoms with Crippen LogP contribution >= 0.6 is 105 Å². The minimum atomic E-state index is -0.135. The number of imidazole rings is 1. The first-order valence-electron chi connectivity index (χ1n) is 39.4. The van der Waals surface area contributed by atoms with E-state index in [0.29, 0.717) is 151 Å². The lowest BCUT2D eigenvalue weighted by molar-refractivity contribution is 0.0748. The summed E-state index contributed by atoms with van der Waals surface area (Å²) in [6.45, 7) is 15.0. The summed E-state index contributed by atoms with van der Waals surface area (Å²) < 4.78 is 14.7. The zero-order chi connectivity index (χ0) is 84.9. The molecule has 0 unspecified atom stereocenters. The number of amides is 5. The molecule has 40 heteroatoms. The van der Waals surface area contributed by atoms with Crippen LogP contribution in [-0.2, 0) is 65.5 Å². The Morgan fingerprint density at radius 1 is 0.475 bits per heavy atom. The molecule has 0 atom stereocenters. The van der Waals surface area contributed by atoms with E-state index in [2.05, 4.69) is 169 Å². The van der Waals surface area contributed by atoms with Gasteiger partial charge in [-0.15, -0.1) is 11.3 Å². The molecule has 15 aromatic rings. The highest BCUT2D eigenvalue weighted by molar-refractivity contribution is 9.11. The highest BCUT2D eigenvalue weighted by atomic mass is 79.9. The number of halogens is 5. The predicted octanol–water partition coefficient (Wildman–Crippen LogP) is 12.4. The second kappa shape index (κ2) is 35.5. The molecule has 0 spiro atoms. The van der Waals surface area contributed by atoms with Crippen LogP contribution in [0, 0.1) is 0 Å². The molecule has 32 nitrogen and oxygen atoms in total. The van der Waals surface area contributed by atoms with Gasteiger partial charge in [0.25, 0.3) is 29.5 Å². The van der Waals surface area contributed by atoms with Gasteiger partial charge in [0.15, 0.2) is 56.7 Å². The molecule has 14 aromatic heterocycles. The molecule has 21 rings (SSSR count). The van der Waals surface area contributed by atoms with Crippen LogP contribution in [-0.4, -0.2) is 229 Å². The highest BCUT2D eigenvalue weighted by Crippen LogP contribution is 2.44. The Hall–Kier alpha value is -10.9. The molecule has 1 aromatic carbocycles. The van der Waals surface area contributed by atoms with Gasteiger partial charge >= 0.3 is 4.87 Å². The molecule has 6 aliphatic heterocycles. The number of aryl methyl sites for hydroxylation is 2. The molecular formula is C82H79Br3Cl2N26O6S3. The van der Waals surface area contributed by atoms with E-state index >= 15 is 0 Å². The Labute approximate surface area is 744 Å². The number of nitrogens with one attached hydrogen (secondary N) is 1. The van der Waals surface area contributed by atoms with Crippen LogP contribution in [0.25, 0.3) is 39.1 Å². The predicted molar refractivity (Wildman–Crippen MR) is 475 cm³/mol. The molecular weight excluding hydrogens is 1850 g/mol. The number of hydrogen-bond donors (Lipinski definition) is 1. The van der Waals surface area contributed by atoms with Crippen LogP contribution < -0.4 is 4.87 Å². The Balaban J connectivity index is 0.000000109. The molecule has 5 amide bonds. The van der Waals surface area contributed by atoms with Gasteiger partial charge in [-0.1, -0.05) is 84.9 Å². The average Bonchev–Trinajstić information content (AvgIpc) is 1.59. The monoisotopic (exact) mass is 1930 g/mol. The number of fused-ring (bicyclic) bond motifs is 11. The summed E-state index contributed by atoms with van der Waals surface area (Å²) >= 11 is 26.6. The number of carbonyl (C=O) groups is 5. The molecule has 626 valence electrons. The minimum absolute atomic E-state index is 0.0296. The van der Waals surface area contributed by atoms with Gasteiger partial charge in [0.2, 0.25) is 0 Å².